The summed E-state index contributed by atoms with van der Waals surface area (Å²) in [4.78, 5) is 29.8. The van der Waals surface area contributed by atoms with E-state index in [0.29, 0.717) is 68.0 Å². The fourth-order valence-corrected chi connectivity index (χ4v) is 5.12. The number of likely N-dealkylation sites (tertiary alicyclic amines) is 1. The lowest BCUT2D eigenvalue weighted by Gasteiger charge is -2.29. The molecule has 214 valence electrons. The first-order valence-electron chi connectivity index (χ1n) is 13.9. The highest BCUT2D eigenvalue weighted by Gasteiger charge is 2.44. The van der Waals surface area contributed by atoms with Gasteiger partial charge in [0.1, 0.15) is 19.8 Å². The molecule has 0 bridgehead atoms. The van der Waals surface area contributed by atoms with E-state index in [1.807, 2.05) is 6.92 Å². The van der Waals surface area contributed by atoms with Gasteiger partial charge in [-0.25, -0.2) is 0 Å². The van der Waals surface area contributed by atoms with Gasteiger partial charge in [0.15, 0.2) is 23.0 Å². The minimum Gasteiger partial charge on any atom is -0.872 e. The Bertz CT molecular complexity index is 1270. The van der Waals surface area contributed by atoms with Crippen LogP contribution in [0.5, 0.6) is 23.0 Å². The lowest BCUT2D eigenvalue weighted by Crippen LogP contribution is -3.11. The summed E-state index contributed by atoms with van der Waals surface area (Å²) in [5.41, 5.74) is 0.777. The van der Waals surface area contributed by atoms with Crippen molar-refractivity contribution in [1.29, 1.82) is 0 Å². The third-order valence-electron chi connectivity index (χ3n) is 7.20. The molecule has 9 nitrogen and oxygen atoms in total. The number of nitrogens with zero attached hydrogens (tertiary/aromatic N) is 1. The number of quaternary nitrogens is 1. The van der Waals surface area contributed by atoms with E-state index in [1.54, 1.807) is 42.5 Å². The molecule has 40 heavy (non-hydrogen) atoms. The second-order valence-corrected chi connectivity index (χ2v) is 9.63. The summed E-state index contributed by atoms with van der Waals surface area (Å²) >= 11 is 0. The van der Waals surface area contributed by atoms with Crippen LogP contribution in [0.3, 0.4) is 0 Å². The largest absolute Gasteiger partial charge is 0.872 e. The standard InChI is InChI=1S/C31H38N2O7/c1-5-16-38-23-12-10-21(19-25(23)37-8-4)28-27(29(34)22-11-13-24-26(20-22)40-18-17-39-24)30(35)31(36)33(28)15-9-14-32(6-2)7-3/h5,10-13,19-20,28,34H,1,6-9,14-18H2,2-4H3/b29-27+. The number of hydrogen-bond donors (Lipinski definition) is 1. The van der Waals surface area contributed by atoms with Gasteiger partial charge >= 0.3 is 0 Å². The summed E-state index contributed by atoms with van der Waals surface area (Å²) < 4.78 is 22.8. The first kappa shape index (κ1) is 29.0. The molecule has 4 rings (SSSR count). The number of Topliss-reactive ketones (excluding diaryl/α,β-unsaturated/α-hetero) is 1. The second-order valence-electron chi connectivity index (χ2n) is 9.63. The van der Waals surface area contributed by atoms with Crippen molar-refractivity contribution in [2.24, 2.45) is 0 Å². The van der Waals surface area contributed by atoms with E-state index in [9.17, 15) is 14.7 Å². The highest BCUT2D eigenvalue weighted by molar-refractivity contribution is 6.46. The van der Waals surface area contributed by atoms with Crippen LogP contribution in [0, 0.1) is 0 Å². The molecular formula is C31H38N2O7. The number of carbonyl (C=O) groups is 2. The van der Waals surface area contributed by atoms with Crippen molar-refractivity contribution in [1.82, 2.24) is 4.90 Å². The molecule has 1 unspecified atom stereocenters. The van der Waals surface area contributed by atoms with Crippen molar-refractivity contribution in [2.75, 3.05) is 52.6 Å². The second kappa shape index (κ2) is 13.4. The minimum atomic E-state index is -0.861. The number of amides is 1. The number of hydrogen-bond acceptors (Lipinski definition) is 7. The van der Waals surface area contributed by atoms with Gasteiger partial charge in [0.2, 0.25) is 5.78 Å². The molecule has 0 aliphatic carbocycles. The van der Waals surface area contributed by atoms with E-state index >= 15 is 0 Å². The molecule has 2 aromatic carbocycles. The Morgan fingerprint density at radius 3 is 2.50 bits per heavy atom. The van der Waals surface area contributed by atoms with Crippen molar-refractivity contribution in [3.8, 4) is 23.0 Å². The van der Waals surface area contributed by atoms with Crippen LogP contribution in [0.25, 0.3) is 5.76 Å². The lowest BCUT2D eigenvalue weighted by atomic mass is 9.94. The highest BCUT2D eigenvalue weighted by atomic mass is 16.6. The Kier molecular flexibility index (Phi) is 9.71. The van der Waals surface area contributed by atoms with Gasteiger partial charge < -0.3 is 33.9 Å². The number of nitrogens with one attached hydrogen (secondary N) is 1. The molecule has 9 heteroatoms. The topological polar surface area (TPSA) is 102 Å². The number of carbonyl (C=O) groups excluding carboxylic acids is 2. The van der Waals surface area contributed by atoms with Gasteiger partial charge in [-0.1, -0.05) is 30.5 Å². The maximum Gasteiger partial charge on any atom is 0.295 e. The maximum atomic E-state index is 13.9. The van der Waals surface area contributed by atoms with Crippen molar-refractivity contribution in [3.05, 3.63) is 65.8 Å². The monoisotopic (exact) mass is 550 g/mol. The van der Waals surface area contributed by atoms with Crippen molar-refractivity contribution < 1.29 is 38.5 Å². The van der Waals surface area contributed by atoms with E-state index in [-0.39, 0.29) is 11.1 Å². The van der Waals surface area contributed by atoms with Gasteiger partial charge in [-0.15, -0.1) is 0 Å². The number of fused-ring (bicyclic) bond motifs is 1. The predicted molar refractivity (Wildman–Crippen MR) is 149 cm³/mol. The quantitative estimate of drug-likeness (QED) is 0.176. The van der Waals surface area contributed by atoms with Gasteiger partial charge in [-0.2, -0.15) is 0 Å². The van der Waals surface area contributed by atoms with Gasteiger partial charge in [-0.3, -0.25) is 9.59 Å². The van der Waals surface area contributed by atoms with Crippen molar-refractivity contribution in [2.45, 2.75) is 33.2 Å². The van der Waals surface area contributed by atoms with Crippen molar-refractivity contribution >= 4 is 17.4 Å². The fraction of sp³-hybridized carbons (Fsp3) is 0.419. The Balaban J connectivity index is 1.78. The van der Waals surface area contributed by atoms with Gasteiger partial charge in [-0.05, 0) is 56.2 Å². The van der Waals surface area contributed by atoms with Crippen LogP contribution in [0.4, 0.5) is 0 Å². The van der Waals surface area contributed by atoms with Gasteiger partial charge in [0.05, 0.1) is 32.3 Å². The number of benzene rings is 2. The van der Waals surface area contributed by atoms with Gasteiger partial charge in [0.25, 0.3) is 5.91 Å². The van der Waals surface area contributed by atoms with Crippen LogP contribution in [-0.4, -0.2) is 69.2 Å². The van der Waals surface area contributed by atoms with Gasteiger partial charge in [0, 0.05) is 18.5 Å². The Morgan fingerprint density at radius 1 is 1.05 bits per heavy atom. The fourth-order valence-electron chi connectivity index (χ4n) is 5.12. The molecule has 2 aliphatic heterocycles. The Labute approximate surface area is 235 Å². The summed E-state index contributed by atoms with van der Waals surface area (Å²) in [5.74, 6) is -0.0231. The molecule has 2 aromatic rings. The van der Waals surface area contributed by atoms with E-state index in [0.717, 1.165) is 19.6 Å². The van der Waals surface area contributed by atoms with Crippen LogP contribution < -0.4 is 29.0 Å². The summed E-state index contributed by atoms with van der Waals surface area (Å²) in [6.45, 7) is 14.4. The highest BCUT2D eigenvalue weighted by Crippen LogP contribution is 2.42. The van der Waals surface area contributed by atoms with Crippen LogP contribution in [0.2, 0.25) is 0 Å². The van der Waals surface area contributed by atoms with Crippen LogP contribution in [0.15, 0.2) is 54.6 Å². The summed E-state index contributed by atoms with van der Waals surface area (Å²) in [7, 11) is 0. The number of rotatable bonds is 13. The molecule has 2 heterocycles. The number of ketones is 1. The van der Waals surface area contributed by atoms with E-state index < -0.39 is 23.5 Å². The van der Waals surface area contributed by atoms with E-state index in [1.165, 1.54) is 9.80 Å². The molecule has 0 spiro atoms. The molecule has 0 radical (unpaired) electrons. The SMILES string of the molecule is C=CCOc1ccc(C2/C(=C(\[O-])c3ccc4c(c3)OCCO4)C(=O)C(=O)N2CCC[NH+](CC)CC)cc1OCC. The molecule has 1 fully saturated rings. The summed E-state index contributed by atoms with van der Waals surface area (Å²) in [5, 5.41) is 13.9. The molecule has 1 amide bonds. The van der Waals surface area contributed by atoms with Crippen LogP contribution in [0.1, 0.15) is 44.4 Å². The Morgan fingerprint density at radius 2 is 1.80 bits per heavy atom. The first-order valence-corrected chi connectivity index (χ1v) is 13.9. The summed E-state index contributed by atoms with van der Waals surface area (Å²) in [6.07, 6.45) is 2.33. The van der Waals surface area contributed by atoms with E-state index in [2.05, 4.69) is 20.4 Å². The lowest BCUT2D eigenvalue weighted by molar-refractivity contribution is -0.896. The molecule has 0 aromatic heterocycles. The Hall–Kier alpha value is -3.98. The molecule has 1 atom stereocenters. The van der Waals surface area contributed by atoms with Crippen LogP contribution >= 0.6 is 0 Å². The smallest absolute Gasteiger partial charge is 0.295 e. The molecule has 1 saturated heterocycles. The summed E-state index contributed by atoms with van der Waals surface area (Å²) in [6, 6.07) is 9.23. The normalized spacial score (nSPS) is 17.8. The zero-order valence-electron chi connectivity index (χ0n) is 23.5. The zero-order valence-corrected chi connectivity index (χ0v) is 23.5. The van der Waals surface area contributed by atoms with Crippen molar-refractivity contribution in [3.63, 3.8) is 0 Å². The molecule has 1 N–H and O–H groups in total. The molecule has 2 aliphatic rings. The average Bonchev–Trinajstić information content (AvgIpc) is 3.23. The van der Waals surface area contributed by atoms with Crippen LogP contribution in [-0.2, 0) is 9.59 Å². The molecular weight excluding hydrogens is 512 g/mol. The molecule has 0 saturated carbocycles. The maximum absolute atomic E-state index is 13.9. The average molecular weight is 551 g/mol. The minimum absolute atomic E-state index is 0.0842. The number of ether oxygens (including phenoxy) is 4. The third kappa shape index (κ3) is 6.09. The predicted octanol–water partition coefficient (Wildman–Crippen LogP) is 1.96. The zero-order chi connectivity index (χ0) is 28.6. The third-order valence-corrected chi connectivity index (χ3v) is 7.20. The van der Waals surface area contributed by atoms with E-state index in [4.69, 9.17) is 18.9 Å². The first-order chi connectivity index (χ1) is 19.4.